The van der Waals surface area contributed by atoms with Crippen molar-refractivity contribution in [3.05, 3.63) is 39.6 Å². The van der Waals surface area contributed by atoms with Gasteiger partial charge in [0.25, 0.3) is 0 Å². The molecule has 8 nitrogen and oxygen atoms in total. The molecule has 2 aromatic rings. The third-order valence-corrected chi connectivity index (χ3v) is 9.27. The molecule has 2 aliphatic heterocycles. The van der Waals surface area contributed by atoms with Gasteiger partial charge in [-0.25, -0.2) is 13.2 Å². The molecule has 0 unspecified atom stereocenters. The van der Waals surface area contributed by atoms with Gasteiger partial charge in [0.05, 0.1) is 7.11 Å². The fourth-order valence-electron chi connectivity index (χ4n) is 4.46. The van der Waals surface area contributed by atoms with Crippen LogP contribution < -0.4 is 9.47 Å². The van der Waals surface area contributed by atoms with Crippen molar-refractivity contribution in [3.8, 4) is 11.5 Å². The molecule has 1 aromatic carbocycles. The predicted octanol–water partition coefficient (Wildman–Crippen LogP) is 3.89. The van der Waals surface area contributed by atoms with E-state index in [1.807, 2.05) is 0 Å². The number of carbonyl (C=O) groups is 1. The summed E-state index contributed by atoms with van der Waals surface area (Å²) in [4.78, 5) is 14.5. The van der Waals surface area contributed by atoms with Crippen LogP contribution in [0.5, 0.6) is 11.5 Å². The molecule has 0 bridgehead atoms. The quantitative estimate of drug-likeness (QED) is 0.582. The van der Waals surface area contributed by atoms with Crippen LogP contribution in [0.3, 0.4) is 0 Å². The largest absolute Gasteiger partial charge is 0.465 e. The number of nitrogens with zero attached hydrogens (tertiary/aromatic N) is 2. The molecule has 2 aliphatic rings. The highest BCUT2D eigenvalue weighted by Crippen LogP contribution is 2.36. The van der Waals surface area contributed by atoms with Crippen LogP contribution in [-0.2, 0) is 27.7 Å². The van der Waals surface area contributed by atoms with Gasteiger partial charge in [0.1, 0.15) is 9.77 Å². The van der Waals surface area contributed by atoms with Crippen LogP contribution in [0.4, 0.5) is 0 Å². The van der Waals surface area contributed by atoms with Gasteiger partial charge in [0.15, 0.2) is 11.5 Å². The van der Waals surface area contributed by atoms with E-state index in [1.165, 1.54) is 24.3 Å². The number of thiophene rings is 1. The van der Waals surface area contributed by atoms with Crippen molar-refractivity contribution < 1.29 is 27.4 Å². The van der Waals surface area contributed by atoms with Gasteiger partial charge in [0, 0.05) is 19.6 Å². The Morgan fingerprint density at radius 2 is 1.68 bits per heavy atom. The number of carbonyl (C=O) groups excluding carboxylic acids is 1. The monoisotopic (exact) mass is 508 g/mol. The highest BCUT2D eigenvalue weighted by atomic mass is 32.2. The van der Waals surface area contributed by atoms with E-state index in [4.69, 9.17) is 14.2 Å². The summed E-state index contributed by atoms with van der Waals surface area (Å²) in [6.45, 7) is 2.80. The Bertz CT molecular complexity index is 1110. The lowest BCUT2D eigenvalue weighted by molar-refractivity contribution is 0.0602. The molecule has 0 N–H and O–H groups in total. The molecule has 0 amide bonds. The fourth-order valence-corrected chi connectivity index (χ4v) is 7.28. The zero-order valence-corrected chi connectivity index (χ0v) is 21.4. The Morgan fingerprint density at radius 1 is 1.00 bits per heavy atom. The fraction of sp³-hybridized carbons (Fsp3) is 0.542. The van der Waals surface area contributed by atoms with Crippen molar-refractivity contribution in [1.29, 1.82) is 0 Å². The Kier molecular flexibility index (Phi) is 8.13. The maximum absolute atomic E-state index is 13.5. The first-order chi connectivity index (χ1) is 16.4. The van der Waals surface area contributed by atoms with Gasteiger partial charge in [-0.15, -0.1) is 11.3 Å². The molecule has 0 spiro atoms. The van der Waals surface area contributed by atoms with Crippen molar-refractivity contribution in [3.63, 3.8) is 0 Å². The molecule has 10 heteroatoms. The van der Waals surface area contributed by atoms with Crippen molar-refractivity contribution in [2.75, 3.05) is 40.6 Å². The molecule has 0 atom stereocenters. The van der Waals surface area contributed by atoms with Crippen LogP contribution in [0.25, 0.3) is 0 Å². The first kappa shape index (κ1) is 25.0. The number of fused-ring (bicyclic) bond motifs is 2. The summed E-state index contributed by atoms with van der Waals surface area (Å²) < 4.78 is 44.4. The zero-order chi connectivity index (χ0) is 24.1. The number of hydrogen-bond donors (Lipinski definition) is 0. The van der Waals surface area contributed by atoms with E-state index in [-0.39, 0.29) is 16.6 Å². The number of methoxy groups -OCH3 is 1. The van der Waals surface area contributed by atoms with E-state index in [0.29, 0.717) is 13.1 Å². The molecular formula is C24H32N2O6S2. The lowest BCUT2D eigenvalue weighted by Gasteiger charge is -2.24. The number of sulfonamides is 1. The van der Waals surface area contributed by atoms with E-state index in [9.17, 15) is 13.2 Å². The SMILES string of the molecule is COC(=O)c1sccc1S(=O)(=O)N1CCCCCc2cc3c(cc2CN(C)CCCC1)OCO3. The number of aryl methyl sites for hydroxylation is 1. The van der Waals surface area contributed by atoms with Crippen LogP contribution in [0.2, 0.25) is 0 Å². The third kappa shape index (κ3) is 5.56. The summed E-state index contributed by atoms with van der Waals surface area (Å²) in [6.07, 6.45) is 5.14. The second-order valence-corrected chi connectivity index (χ2v) is 11.6. The van der Waals surface area contributed by atoms with Gasteiger partial charge in [0.2, 0.25) is 16.8 Å². The van der Waals surface area contributed by atoms with Crippen LogP contribution in [-0.4, -0.2) is 64.2 Å². The second-order valence-electron chi connectivity index (χ2n) is 8.74. The minimum absolute atomic E-state index is 0.0487. The normalized spacial score (nSPS) is 18.8. The zero-order valence-electron chi connectivity index (χ0n) is 19.7. The molecule has 34 heavy (non-hydrogen) atoms. The maximum Gasteiger partial charge on any atom is 0.349 e. The Balaban J connectivity index is 1.50. The van der Waals surface area contributed by atoms with Crippen LogP contribution >= 0.6 is 11.3 Å². The molecule has 186 valence electrons. The summed E-state index contributed by atoms with van der Waals surface area (Å²) in [5.41, 5.74) is 2.53. The van der Waals surface area contributed by atoms with Crippen molar-refractivity contribution >= 4 is 27.3 Å². The topological polar surface area (TPSA) is 85.4 Å². The average molecular weight is 509 g/mol. The standard InChI is InChI=1S/C24H32N2O6S2/c1-25-10-6-7-12-26(34(28,29)22-9-13-33-23(22)24(27)30-2)11-5-3-4-8-18-14-20-21(32-17-31-20)15-19(18)16-25/h9,13-15H,3-8,10-12,16-17H2,1-2H3. The lowest BCUT2D eigenvalue weighted by Crippen LogP contribution is -2.34. The molecule has 0 fully saturated rings. The molecule has 0 radical (unpaired) electrons. The van der Waals surface area contributed by atoms with Crippen LogP contribution in [0.15, 0.2) is 28.5 Å². The summed E-state index contributed by atoms with van der Waals surface area (Å²) in [6, 6.07) is 5.71. The summed E-state index contributed by atoms with van der Waals surface area (Å²) in [5.74, 6) is 1.00. The highest BCUT2D eigenvalue weighted by molar-refractivity contribution is 7.89. The molecule has 1 aromatic heterocycles. The van der Waals surface area contributed by atoms with Gasteiger partial charge in [-0.1, -0.05) is 6.42 Å². The molecular weight excluding hydrogens is 476 g/mol. The Morgan fingerprint density at radius 3 is 2.41 bits per heavy atom. The molecule has 0 saturated heterocycles. The van der Waals surface area contributed by atoms with Crippen molar-refractivity contribution in [2.24, 2.45) is 0 Å². The minimum atomic E-state index is -3.78. The first-order valence-corrected chi connectivity index (χ1v) is 14.0. The Hall–Kier alpha value is -2.14. The first-order valence-electron chi connectivity index (χ1n) is 11.7. The molecule has 0 aliphatic carbocycles. The maximum atomic E-state index is 13.5. The van der Waals surface area contributed by atoms with Crippen molar-refractivity contribution in [1.82, 2.24) is 9.21 Å². The molecule has 3 heterocycles. The average Bonchev–Trinajstić information content (AvgIpc) is 3.48. The van der Waals surface area contributed by atoms with Gasteiger partial charge >= 0.3 is 5.97 Å². The lowest BCUT2D eigenvalue weighted by atomic mass is 9.99. The van der Waals surface area contributed by atoms with Gasteiger partial charge in [-0.3, -0.25) is 0 Å². The number of ether oxygens (including phenoxy) is 3. The van der Waals surface area contributed by atoms with E-state index in [1.54, 1.807) is 9.69 Å². The summed E-state index contributed by atoms with van der Waals surface area (Å²) >= 11 is 1.10. The number of rotatable bonds is 3. The number of benzene rings is 1. The minimum Gasteiger partial charge on any atom is -0.465 e. The van der Waals surface area contributed by atoms with E-state index < -0.39 is 16.0 Å². The summed E-state index contributed by atoms with van der Waals surface area (Å²) in [7, 11) is -0.427. The van der Waals surface area contributed by atoms with E-state index >= 15 is 0 Å². The van der Waals surface area contributed by atoms with Gasteiger partial charge < -0.3 is 19.1 Å². The van der Waals surface area contributed by atoms with E-state index in [2.05, 4.69) is 24.1 Å². The van der Waals surface area contributed by atoms with Crippen LogP contribution in [0, 0.1) is 0 Å². The van der Waals surface area contributed by atoms with Gasteiger partial charge in [-0.2, -0.15) is 4.31 Å². The number of hydrogen-bond acceptors (Lipinski definition) is 8. The molecule has 4 rings (SSSR count). The molecule has 0 saturated carbocycles. The van der Waals surface area contributed by atoms with E-state index in [0.717, 1.165) is 74.5 Å². The Labute approximate surface area is 205 Å². The highest BCUT2D eigenvalue weighted by Gasteiger charge is 2.30. The second kappa shape index (κ2) is 11.1. The predicted molar refractivity (Wildman–Crippen MR) is 130 cm³/mol. The summed E-state index contributed by atoms with van der Waals surface area (Å²) in [5, 5.41) is 1.63. The van der Waals surface area contributed by atoms with Crippen molar-refractivity contribution in [2.45, 2.75) is 50.0 Å². The number of esters is 1. The third-order valence-electron chi connectivity index (χ3n) is 6.30. The smallest absolute Gasteiger partial charge is 0.349 e. The van der Waals surface area contributed by atoms with Gasteiger partial charge in [-0.05, 0) is 80.4 Å². The van der Waals surface area contributed by atoms with Crippen LogP contribution in [0.1, 0.15) is 52.9 Å².